The minimum atomic E-state index is -0.572. The van der Waals surface area contributed by atoms with Crippen LogP contribution in [0.15, 0.2) is 249 Å². The average molecular weight is 833 g/mol. The van der Waals surface area contributed by atoms with Crippen molar-refractivity contribution in [3.8, 4) is 56.0 Å². The van der Waals surface area contributed by atoms with Gasteiger partial charge in [0.15, 0.2) is 0 Å². The molecule has 0 bridgehead atoms. The summed E-state index contributed by atoms with van der Waals surface area (Å²) in [6.07, 6.45) is 0. The number of hydrogen-bond acceptors (Lipinski definition) is 3. The van der Waals surface area contributed by atoms with E-state index in [0.717, 1.165) is 62.2 Å². The lowest BCUT2D eigenvalue weighted by Gasteiger charge is -2.39. The predicted molar refractivity (Wildman–Crippen MR) is 269 cm³/mol. The van der Waals surface area contributed by atoms with E-state index in [4.69, 9.17) is 4.74 Å². The number of para-hydroxylation sites is 3. The zero-order valence-corrected chi connectivity index (χ0v) is 36.0. The Hall–Kier alpha value is -8.40. The fourth-order valence-electron chi connectivity index (χ4n) is 10.4. The van der Waals surface area contributed by atoms with Gasteiger partial charge in [0.05, 0.1) is 11.1 Å². The Morgan fingerprint density at radius 3 is 1.43 bits per heavy atom. The van der Waals surface area contributed by atoms with Crippen molar-refractivity contribution in [3.63, 3.8) is 0 Å². The second-order valence-electron chi connectivity index (χ2n) is 16.9. The van der Waals surface area contributed by atoms with E-state index in [1.165, 1.54) is 44.5 Å². The first kappa shape index (κ1) is 38.3. The van der Waals surface area contributed by atoms with Crippen LogP contribution in [0, 0.1) is 0 Å². The zero-order valence-electron chi connectivity index (χ0n) is 36.0. The molecule has 0 radical (unpaired) electrons. The lowest BCUT2D eigenvalue weighted by atomic mass is 9.66. The number of nitrogens with zero attached hydrogens (tertiary/aromatic N) is 2. The van der Waals surface area contributed by atoms with Gasteiger partial charge >= 0.3 is 0 Å². The van der Waals surface area contributed by atoms with Crippen LogP contribution in [0.5, 0.6) is 11.5 Å². The summed E-state index contributed by atoms with van der Waals surface area (Å²) < 4.78 is 6.66. The maximum Gasteiger partial charge on any atom is 0.132 e. The average Bonchev–Trinajstić information content (AvgIpc) is 3.68. The van der Waals surface area contributed by atoms with Crippen molar-refractivity contribution in [3.05, 3.63) is 271 Å². The number of anilines is 5. The number of ether oxygens (including phenoxy) is 1. The minimum Gasteiger partial charge on any atom is -0.457 e. The number of rotatable bonds is 8. The first-order valence-corrected chi connectivity index (χ1v) is 22.3. The molecule has 0 fully saturated rings. The molecule has 1 aliphatic carbocycles. The molecule has 0 amide bonds. The monoisotopic (exact) mass is 832 g/mol. The number of hydrogen-bond donors (Lipinski definition) is 0. The summed E-state index contributed by atoms with van der Waals surface area (Å²) in [5.74, 6) is 1.77. The van der Waals surface area contributed by atoms with Gasteiger partial charge in [0.2, 0.25) is 0 Å². The fraction of sp³-hybridized carbons (Fsp3) is 0.0323. The summed E-state index contributed by atoms with van der Waals surface area (Å²) in [5, 5.41) is 0. The summed E-state index contributed by atoms with van der Waals surface area (Å²) in [6.45, 7) is 0. The largest absolute Gasteiger partial charge is 0.457 e. The molecule has 0 unspecified atom stereocenters. The molecule has 0 aromatic heterocycles. The van der Waals surface area contributed by atoms with Crippen molar-refractivity contribution >= 4 is 28.4 Å². The SMILES string of the molecule is CN(c1ccccc1)c1ccc(-c2ccc(N(c3ccc(-c4ccccc4)cc3)c3cccc4c3-c3ccccc3C43c4ccccc4Oc4ccccc43)cc2)cc1-c1ccccc1. The van der Waals surface area contributed by atoms with E-state index < -0.39 is 5.41 Å². The first-order chi connectivity index (χ1) is 32.2. The highest BCUT2D eigenvalue weighted by molar-refractivity contribution is 5.98. The van der Waals surface area contributed by atoms with Gasteiger partial charge in [-0.25, -0.2) is 0 Å². The van der Waals surface area contributed by atoms with Crippen LogP contribution in [-0.4, -0.2) is 7.05 Å². The molecular formula is C62H44N2O. The summed E-state index contributed by atoms with van der Waals surface area (Å²) in [4.78, 5) is 4.71. The Bertz CT molecular complexity index is 3300. The summed E-state index contributed by atoms with van der Waals surface area (Å²) >= 11 is 0. The highest BCUT2D eigenvalue weighted by atomic mass is 16.5. The van der Waals surface area contributed by atoms with Gasteiger partial charge in [0.25, 0.3) is 0 Å². The van der Waals surface area contributed by atoms with Crippen LogP contribution in [0.25, 0.3) is 44.5 Å². The highest BCUT2D eigenvalue weighted by Gasteiger charge is 2.51. The maximum atomic E-state index is 6.66. The molecule has 1 aliphatic heterocycles. The number of fused-ring (bicyclic) bond motifs is 9. The quantitative estimate of drug-likeness (QED) is 0.152. The molecule has 12 rings (SSSR count). The standard InChI is InChI=1S/C62H44N2O/c1-63(48-22-9-4-10-23-48)57-41-36-47(42-52(57)46-20-7-3-8-21-46)45-34-39-50(40-35-45)64(49-37-32-44(33-38-49)43-18-5-2-6-19-43)58-29-17-28-56-61(58)51-24-11-12-25-53(51)62(56)54-26-13-15-30-59(54)65-60-31-16-14-27-55(60)62/h2-42H,1H3. The third-order valence-electron chi connectivity index (χ3n) is 13.4. The lowest BCUT2D eigenvalue weighted by Crippen LogP contribution is -2.32. The Morgan fingerprint density at radius 1 is 0.323 bits per heavy atom. The van der Waals surface area contributed by atoms with Crippen LogP contribution in [0.4, 0.5) is 28.4 Å². The van der Waals surface area contributed by atoms with Gasteiger partial charge < -0.3 is 14.5 Å². The van der Waals surface area contributed by atoms with E-state index in [9.17, 15) is 0 Å². The second-order valence-corrected chi connectivity index (χ2v) is 16.9. The van der Waals surface area contributed by atoms with Gasteiger partial charge in [0.1, 0.15) is 11.5 Å². The molecule has 0 saturated carbocycles. The molecule has 2 aliphatic rings. The third-order valence-corrected chi connectivity index (χ3v) is 13.4. The van der Waals surface area contributed by atoms with Crippen molar-refractivity contribution in [2.75, 3.05) is 16.8 Å². The molecule has 10 aromatic carbocycles. The summed E-state index contributed by atoms with van der Waals surface area (Å²) in [6, 6.07) is 89.8. The van der Waals surface area contributed by atoms with Gasteiger partial charge in [-0.3, -0.25) is 0 Å². The van der Waals surface area contributed by atoms with Crippen molar-refractivity contribution in [1.82, 2.24) is 0 Å². The fourth-order valence-corrected chi connectivity index (χ4v) is 10.4. The zero-order chi connectivity index (χ0) is 43.3. The molecule has 0 atom stereocenters. The van der Waals surface area contributed by atoms with E-state index >= 15 is 0 Å². The van der Waals surface area contributed by atoms with Crippen LogP contribution in [0.1, 0.15) is 22.3 Å². The van der Waals surface area contributed by atoms with Crippen LogP contribution in [0.3, 0.4) is 0 Å². The molecule has 65 heavy (non-hydrogen) atoms. The van der Waals surface area contributed by atoms with E-state index in [2.05, 4.69) is 266 Å². The van der Waals surface area contributed by atoms with E-state index in [0.29, 0.717) is 0 Å². The van der Waals surface area contributed by atoms with Crippen LogP contribution < -0.4 is 14.5 Å². The van der Waals surface area contributed by atoms with Gasteiger partial charge in [-0.05, 0) is 111 Å². The minimum absolute atomic E-state index is 0.572. The number of benzene rings is 10. The molecular weight excluding hydrogens is 789 g/mol. The summed E-state index contributed by atoms with van der Waals surface area (Å²) in [7, 11) is 2.15. The van der Waals surface area contributed by atoms with E-state index in [-0.39, 0.29) is 0 Å². The Balaban J connectivity index is 1.03. The first-order valence-electron chi connectivity index (χ1n) is 22.3. The molecule has 1 spiro atoms. The van der Waals surface area contributed by atoms with Crippen molar-refractivity contribution in [2.24, 2.45) is 0 Å². The molecule has 3 nitrogen and oxygen atoms in total. The van der Waals surface area contributed by atoms with Gasteiger partial charge in [0, 0.05) is 52.1 Å². The highest BCUT2D eigenvalue weighted by Crippen LogP contribution is 2.64. The van der Waals surface area contributed by atoms with Crippen LogP contribution in [0.2, 0.25) is 0 Å². The topological polar surface area (TPSA) is 15.7 Å². The molecule has 0 saturated heterocycles. The third kappa shape index (κ3) is 6.27. The Morgan fingerprint density at radius 2 is 0.800 bits per heavy atom. The van der Waals surface area contributed by atoms with Gasteiger partial charge in [-0.1, -0.05) is 182 Å². The van der Waals surface area contributed by atoms with Crippen LogP contribution >= 0.6 is 0 Å². The lowest BCUT2D eigenvalue weighted by molar-refractivity contribution is 0.436. The maximum absolute atomic E-state index is 6.66. The predicted octanol–water partition coefficient (Wildman–Crippen LogP) is 16.4. The Kier molecular flexibility index (Phi) is 9.28. The molecule has 0 N–H and O–H groups in total. The van der Waals surface area contributed by atoms with E-state index in [1.54, 1.807) is 0 Å². The second kappa shape index (κ2) is 15.7. The van der Waals surface area contributed by atoms with Gasteiger partial charge in [-0.15, -0.1) is 0 Å². The smallest absolute Gasteiger partial charge is 0.132 e. The summed E-state index contributed by atoms with van der Waals surface area (Å²) in [5.41, 5.74) is 19.3. The van der Waals surface area contributed by atoms with Crippen LogP contribution in [-0.2, 0) is 5.41 Å². The van der Waals surface area contributed by atoms with Crippen molar-refractivity contribution < 1.29 is 4.74 Å². The molecule has 3 heteroatoms. The normalized spacial score (nSPS) is 12.6. The molecule has 308 valence electrons. The van der Waals surface area contributed by atoms with Gasteiger partial charge in [-0.2, -0.15) is 0 Å². The van der Waals surface area contributed by atoms with Crippen molar-refractivity contribution in [2.45, 2.75) is 5.41 Å². The molecule has 1 heterocycles. The van der Waals surface area contributed by atoms with Crippen molar-refractivity contribution in [1.29, 1.82) is 0 Å². The Labute approximate surface area is 380 Å². The molecule has 10 aromatic rings. The van der Waals surface area contributed by atoms with E-state index in [1.807, 2.05) is 0 Å².